The minimum absolute atomic E-state index is 0.0304. The summed E-state index contributed by atoms with van der Waals surface area (Å²) in [5.74, 6) is 2.22. The van der Waals surface area contributed by atoms with Gasteiger partial charge in [-0.25, -0.2) is 0 Å². The summed E-state index contributed by atoms with van der Waals surface area (Å²) in [6, 6.07) is 18.5. The minimum Gasteiger partial charge on any atom is -0.355 e. The van der Waals surface area contributed by atoms with Gasteiger partial charge in [-0.2, -0.15) is 0 Å². The molecule has 0 atom stereocenters. The first-order valence-electron chi connectivity index (χ1n) is 9.75. The Morgan fingerprint density at radius 3 is 2.55 bits per heavy atom. The maximum Gasteiger partial charge on any atom is 0.230 e. The van der Waals surface area contributed by atoms with Crippen molar-refractivity contribution < 1.29 is 4.79 Å². The number of hydrogen-bond acceptors (Lipinski definition) is 5. The third kappa shape index (κ3) is 6.11. The molecule has 0 saturated heterocycles. The highest BCUT2D eigenvalue weighted by Gasteiger charge is 2.15. The number of nitrogens with zero attached hydrogens (tertiary/aromatic N) is 3. The number of hydrogen-bond donors (Lipinski definition) is 1. The second kappa shape index (κ2) is 11.1. The van der Waals surface area contributed by atoms with Gasteiger partial charge in [-0.1, -0.05) is 54.2 Å². The lowest BCUT2D eigenvalue weighted by atomic mass is 10.1. The average Bonchev–Trinajstić information content (AvgIpc) is 3.15. The van der Waals surface area contributed by atoms with Gasteiger partial charge in [0.15, 0.2) is 11.0 Å². The zero-order valence-corrected chi connectivity index (χ0v) is 18.4. The highest BCUT2D eigenvalue weighted by molar-refractivity contribution is 7.99. The molecule has 0 bridgehead atoms. The number of nitrogens with one attached hydrogen (secondary N) is 1. The molecule has 1 heterocycles. The summed E-state index contributed by atoms with van der Waals surface area (Å²) in [4.78, 5) is 13.4. The van der Waals surface area contributed by atoms with Crippen molar-refractivity contribution in [3.05, 3.63) is 60.2 Å². The zero-order valence-electron chi connectivity index (χ0n) is 16.8. The molecule has 0 radical (unpaired) electrons. The van der Waals surface area contributed by atoms with Crippen molar-refractivity contribution in [3.8, 4) is 11.4 Å². The van der Waals surface area contributed by atoms with Crippen LogP contribution in [-0.2, 0) is 11.3 Å². The number of aromatic nitrogens is 3. The van der Waals surface area contributed by atoms with Crippen LogP contribution < -0.4 is 5.32 Å². The van der Waals surface area contributed by atoms with E-state index in [2.05, 4.69) is 58.2 Å². The molecule has 3 rings (SSSR count). The molecule has 5 nitrogen and oxygen atoms in total. The fraction of sp³-hybridized carbons (Fsp3) is 0.318. The number of carbonyl (C=O) groups excluding carboxylic acids is 1. The molecule has 0 saturated carbocycles. The van der Waals surface area contributed by atoms with Crippen LogP contribution in [-0.4, -0.2) is 38.7 Å². The molecule has 0 spiro atoms. The number of thioether (sulfide) groups is 2. The Kier molecular flexibility index (Phi) is 8.19. The van der Waals surface area contributed by atoms with E-state index >= 15 is 0 Å². The molecule has 1 aromatic heterocycles. The van der Waals surface area contributed by atoms with Crippen molar-refractivity contribution >= 4 is 29.4 Å². The predicted octanol–water partition coefficient (Wildman–Crippen LogP) is 4.66. The van der Waals surface area contributed by atoms with Crippen LogP contribution in [0.3, 0.4) is 0 Å². The third-order valence-corrected chi connectivity index (χ3v) is 6.47. The van der Waals surface area contributed by atoms with Crippen LogP contribution in [0.1, 0.15) is 18.9 Å². The maximum absolute atomic E-state index is 12.2. The molecule has 1 amide bonds. The van der Waals surface area contributed by atoms with E-state index in [-0.39, 0.29) is 5.91 Å². The summed E-state index contributed by atoms with van der Waals surface area (Å²) in [7, 11) is 0. The molecule has 0 aliphatic rings. The number of amides is 1. The van der Waals surface area contributed by atoms with Gasteiger partial charge in [0, 0.05) is 23.5 Å². The van der Waals surface area contributed by atoms with Crippen molar-refractivity contribution in [3.63, 3.8) is 0 Å². The summed E-state index contributed by atoms with van der Waals surface area (Å²) in [5.41, 5.74) is 2.24. The summed E-state index contributed by atoms with van der Waals surface area (Å²) in [5, 5.41) is 12.5. The van der Waals surface area contributed by atoms with Gasteiger partial charge in [-0.3, -0.25) is 4.79 Å². The van der Waals surface area contributed by atoms with E-state index in [4.69, 9.17) is 0 Å². The molecular formula is C22H26N4OS2. The van der Waals surface area contributed by atoms with Gasteiger partial charge in [0.1, 0.15) is 0 Å². The monoisotopic (exact) mass is 426 g/mol. The maximum atomic E-state index is 12.2. The van der Waals surface area contributed by atoms with Gasteiger partial charge >= 0.3 is 0 Å². The number of rotatable bonds is 10. The standard InChI is InChI=1S/C22H26N4OS2/c1-3-26-21(19-13-8-7-10-17(19)2)24-25-22(26)29-16-20(27)23-14-9-15-28-18-11-5-4-6-12-18/h4-8,10-13H,3,9,14-16H2,1-2H3,(H,23,27). The quantitative estimate of drug-likeness (QED) is 0.377. The lowest BCUT2D eigenvalue weighted by Gasteiger charge is -2.09. The first kappa shape index (κ1) is 21.5. The fourth-order valence-corrected chi connectivity index (χ4v) is 4.60. The van der Waals surface area contributed by atoms with Gasteiger partial charge in [-0.05, 0) is 43.7 Å². The Bertz CT molecular complexity index is 928. The second-order valence-electron chi connectivity index (χ2n) is 6.52. The molecule has 0 aliphatic carbocycles. The number of benzene rings is 2. The van der Waals surface area contributed by atoms with Crippen LogP contribution in [0.4, 0.5) is 0 Å². The van der Waals surface area contributed by atoms with E-state index in [1.807, 2.05) is 42.1 Å². The number of aryl methyl sites for hydroxylation is 1. The molecule has 0 unspecified atom stereocenters. The third-order valence-electron chi connectivity index (χ3n) is 4.41. The topological polar surface area (TPSA) is 59.8 Å². The van der Waals surface area contributed by atoms with Crippen LogP contribution in [0.25, 0.3) is 11.4 Å². The molecule has 7 heteroatoms. The summed E-state index contributed by atoms with van der Waals surface area (Å²) >= 11 is 3.24. The smallest absolute Gasteiger partial charge is 0.230 e. The van der Waals surface area contributed by atoms with Gasteiger partial charge in [0.05, 0.1) is 5.75 Å². The minimum atomic E-state index is 0.0304. The van der Waals surface area contributed by atoms with Gasteiger partial charge in [-0.15, -0.1) is 22.0 Å². The predicted molar refractivity (Wildman–Crippen MR) is 121 cm³/mol. The first-order valence-corrected chi connectivity index (χ1v) is 11.7. The molecule has 0 aliphatic heterocycles. The molecule has 2 aromatic carbocycles. The van der Waals surface area contributed by atoms with Crippen molar-refractivity contribution in [2.75, 3.05) is 18.1 Å². The highest BCUT2D eigenvalue weighted by Crippen LogP contribution is 2.26. The van der Waals surface area contributed by atoms with E-state index < -0.39 is 0 Å². The van der Waals surface area contributed by atoms with Crippen molar-refractivity contribution in [2.45, 2.75) is 36.9 Å². The van der Waals surface area contributed by atoms with Crippen molar-refractivity contribution in [1.29, 1.82) is 0 Å². The van der Waals surface area contributed by atoms with Crippen LogP contribution in [0.5, 0.6) is 0 Å². The van der Waals surface area contributed by atoms with Crippen LogP contribution >= 0.6 is 23.5 Å². The SMILES string of the molecule is CCn1c(SCC(=O)NCCCSc2ccccc2)nnc1-c1ccccc1C. The summed E-state index contributed by atoms with van der Waals surface area (Å²) < 4.78 is 2.07. The highest BCUT2D eigenvalue weighted by atomic mass is 32.2. The molecular weight excluding hydrogens is 400 g/mol. The molecule has 3 aromatic rings. The van der Waals surface area contributed by atoms with Gasteiger partial charge in [0.25, 0.3) is 0 Å². The lowest BCUT2D eigenvalue weighted by Crippen LogP contribution is -2.26. The van der Waals surface area contributed by atoms with E-state index in [1.54, 1.807) is 0 Å². The first-order chi connectivity index (χ1) is 14.2. The summed E-state index contributed by atoms with van der Waals surface area (Å²) in [6.07, 6.45) is 0.943. The largest absolute Gasteiger partial charge is 0.355 e. The Morgan fingerprint density at radius 2 is 1.79 bits per heavy atom. The summed E-state index contributed by atoms with van der Waals surface area (Å²) in [6.45, 7) is 5.59. The fourth-order valence-electron chi connectivity index (χ4n) is 2.89. The Hall–Kier alpha value is -2.25. The van der Waals surface area contributed by atoms with Crippen molar-refractivity contribution in [2.24, 2.45) is 0 Å². The second-order valence-corrected chi connectivity index (χ2v) is 8.63. The van der Waals surface area contributed by atoms with Gasteiger partial charge < -0.3 is 9.88 Å². The Labute approximate surface area is 180 Å². The van der Waals surface area contributed by atoms with E-state index in [0.717, 1.165) is 40.8 Å². The van der Waals surface area contributed by atoms with Gasteiger partial charge in [0.2, 0.25) is 5.91 Å². The van der Waals surface area contributed by atoms with Crippen molar-refractivity contribution in [1.82, 2.24) is 20.1 Å². The molecule has 1 N–H and O–H groups in total. The lowest BCUT2D eigenvalue weighted by molar-refractivity contribution is -0.118. The Balaban J connectivity index is 1.45. The van der Waals surface area contributed by atoms with E-state index in [0.29, 0.717) is 12.3 Å². The van der Waals surface area contributed by atoms with E-state index in [1.165, 1.54) is 16.7 Å². The Morgan fingerprint density at radius 1 is 1.03 bits per heavy atom. The normalized spacial score (nSPS) is 10.8. The molecule has 0 fully saturated rings. The van der Waals surface area contributed by atoms with Crippen LogP contribution in [0, 0.1) is 6.92 Å². The molecule has 152 valence electrons. The zero-order chi connectivity index (χ0) is 20.5. The average molecular weight is 427 g/mol. The van der Waals surface area contributed by atoms with E-state index in [9.17, 15) is 4.79 Å². The van der Waals surface area contributed by atoms with Crippen LogP contribution in [0.15, 0.2) is 64.6 Å². The molecule has 29 heavy (non-hydrogen) atoms. The van der Waals surface area contributed by atoms with Crippen LogP contribution in [0.2, 0.25) is 0 Å². The number of carbonyl (C=O) groups is 1.